The van der Waals surface area contributed by atoms with Crippen molar-refractivity contribution in [3.05, 3.63) is 0 Å². The third-order valence-corrected chi connectivity index (χ3v) is 2.03. The fraction of sp³-hybridized carbons (Fsp3) is 0.727. The SMILES string of the molecule is C#CC(C)NC(CCCC)C(=O)OC. The Labute approximate surface area is 86.2 Å². The highest BCUT2D eigenvalue weighted by molar-refractivity contribution is 5.75. The second-order valence-electron chi connectivity index (χ2n) is 3.27. The number of methoxy groups -OCH3 is 1. The van der Waals surface area contributed by atoms with Crippen LogP contribution in [-0.4, -0.2) is 25.2 Å². The second kappa shape index (κ2) is 7.40. The minimum Gasteiger partial charge on any atom is -0.468 e. The van der Waals surface area contributed by atoms with Gasteiger partial charge in [-0.3, -0.25) is 10.1 Å². The summed E-state index contributed by atoms with van der Waals surface area (Å²) >= 11 is 0. The largest absolute Gasteiger partial charge is 0.468 e. The molecule has 0 aromatic heterocycles. The van der Waals surface area contributed by atoms with E-state index in [2.05, 4.69) is 22.9 Å². The molecule has 0 bridgehead atoms. The van der Waals surface area contributed by atoms with Crippen molar-refractivity contribution < 1.29 is 9.53 Å². The molecule has 80 valence electrons. The van der Waals surface area contributed by atoms with E-state index in [1.807, 2.05) is 6.92 Å². The van der Waals surface area contributed by atoms with Crippen LogP contribution in [0.3, 0.4) is 0 Å². The van der Waals surface area contributed by atoms with E-state index < -0.39 is 0 Å². The molecule has 0 aliphatic carbocycles. The van der Waals surface area contributed by atoms with Gasteiger partial charge in [0.25, 0.3) is 0 Å². The zero-order valence-corrected chi connectivity index (χ0v) is 9.17. The highest BCUT2D eigenvalue weighted by Crippen LogP contribution is 2.03. The standard InChI is InChI=1S/C11H19NO2/c1-5-7-8-10(11(13)14-4)12-9(3)6-2/h2,9-10,12H,5,7-8H2,1,3-4H3. The Bertz CT molecular complexity index is 208. The average Bonchev–Trinajstić information content (AvgIpc) is 2.22. The first-order valence-corrected chi connectivity index (χ1v) is 4.95. The van der Waals surface area contributed by atoms with Crippen LogP contribution in [0, 0.1) is 12.3 Å². The molecule has 0 fully saturated rings. The lowest BCUT2D eigenvalue weighted by molar-refractivity contribution is -0.143. The molecule has 2 unspecified atom stereocenters. The Balaban J connectivity index is 4.11. The quantitative estimate of drug-likeness (QED) is 0.515. The van der Waals surface area contributed by atoms with Gasteiger partial charge in [-0.15, -0.1) is 6.42 Å². The van der Waals surface area contributed by atoms with Crippen LogP contribution in [0.1, 0.15) is 33.1 Å². The number of ether oxygens (including phenoxy) is 1. The molecule has 0 aliphatic heterocycles. The summed E-state index contributed by atoms with van der Waals surface area (Å²) < 4.78 is 4.68. The molecule has 3 nitrogen and oxygen atoms in total. The van der Waals surface area contributed by atoms with Crippen LogP contribution >= 0.6 is 0 Å². The monoisotopic (exact) mass is 197 g/mol. The molecule has 0 heterocycles. The first kappa shape index (κ1) is 13.0. The molecule has 0 aliphatic rings. The van der Waals surface area contributed by atoms with Gasteiger partial charge in [0.15, 0.2) is 0 Å². The van der Waals surface area contributed by atoms with E-state index in [9.17, 15) is 4.79 Å². The fourth-order valence-corrected chi connectivity index (χ4v) is 1.17. The van der Waals surface area contributed by atoms with Crippen molar-refractivity contribution in [2.75, 3.05) is 7.11 Å². The van der Waals surface area contributed by atoms with Crippen molar-refractivity contribution in [2.24, 2.45) is 0 Å². The topological polar surface area (TPSA) is 38.3 Å². The molecule has 0 rings (SSSR count). The predicted molar refractivity (Wildman–Crippen MR) is 56.8 cm³/mol. The van der Waals surface area contributed by atoms with E-state index in [4.69, 9.17) is 6.42 Å². The summed E-state index contributed by atoms with van der Waals surface area (Å²) in [7, 11) is 1.39. The molecule has 0 spiro atoms. The lowest BCUT2D eigenvalue weighted by Gasteiger charge is -2.17. The van der Waals surface area contributed by atoms with Gasteiger partial charge in [0.05, 0.1) is 13.2 Å². The lowest BCUT2D eigenvalue weighted by Crippen LogP contribution is -2.42. The maximum absolute atomic E-state index is 11.3. The van der Waals surface area contributed by atoms with Crippen molar-refractivity contribution in [1.29, 1.82) is 0 Å². The number of hydrogen-bond donors (Lipinski definition) is 1. The zero-order valence-electron chi connectivity index (χ0n) is 9.17. The van der Waals surface area contributed by atoms with E-state index in [0.29, 0.717) is 0 Å². The Kier molecular flexibility index (Phi) is 6.87. The zero-order chi connectivity index (χ0) is 11.0. The molecule has 2 atom stereocenters. The highest BCUT2D eigenvalue weighted by Gasteiger charge is 2.19. The van der Waals surface area contributed by atoms with Crippen molar-refractivity contribution in [1.82, 2.24) is 5.32 Å². The number of nitrogens with one attached hydrogen (secondary N) is 1. The number of carbonyl (C=O) groups is 1. The van der Waals surface area contributed by atoms with Gasteiger partial charge in [0, 0.05) is 0 Å². The summed E-state index contributed by atoms with van der Waals surface area (Å²) in [4.78, 5) is 11.3. The maximum Gasteiger partial charge on any atom is 0.322 e. The van der Waals surface area contributed by atoms with Crippen molar-refractivity contribution in [3.63, 3.8) is 0 Å². The van der Waals surface area contributed by atoms with Crippen molar-refractivity contribution >= 4 is 5.97 Å². The van der Waals surface area contributed by atoms with Gasteiger partial charge < -0.3 is 4.74 Å². The Hall–Kier alpha value is -1.01. The van der Waals surface area contributed by atoms with Gasteiger partial charge in [0.2, 0.25) is 0 Å². The average molecular weight is 197 g/mol. The van der Waals surface area contributed by atoms with Crippen LogP contribution in [-0.2, 0) is 9.53 Å². The summed E-state index contributed by atoms with van der Waals surface area (Å²) in [6.45, 7) is 3.93. The summed E-state index contributed by atoms with van der Waals surface area (Å²) in [5.41, 5.74) is 0. The number of terminal acetylenes is 1. The normalized spacial score (nSPS) is 14.1. The van der Waals surface area contributed by atoms with Crippen molar-refractivity contribution in [3.8, 4) is 12.3 Å². The molecule has 0 saturated carbocycles. The molecule has 3 heteroatoms. The number of rotatable bonds is 6. The minimum absolute atomic E-state index is 0.101. The van der Waals surface area contributed by atoms with Crippen LogP contribution in [0.4, 0.5) is 0 Å². The lowest BCUT2D eigenvalue weighted by atomic mass is 10.1. The van der Waals surface area contributed by atoms with Gasteiger partial charge in [-0.05, 0) is 13.3 Å². The minimum atomic E-state index is -0.272. The third-order valence-electron chi connectivity index (χ3n) is 2.03. The molecule has 0 saturated heterocycles. The molecule has 0 radical (unpaired) electrons. The molecule has 14 heavy (non-hydrogen) atoms. The first-order chi connectivity index (χ1) is 6.65. The van der Waals surface area contributed by atoms with E-state index in [1.165, 1.54) is 7.11 Å². The fourth-order valence-electron chi connectivity index (χ4n) is 1.17. The molecule has 0 aromatic rings. The Morgan fingerprint density at radius 2 is 2.29 bits per heavy atom. The Morgan fingerprint density at radius 1 is 1.64 bits per heavy atom. The van der Waals surface area contributed by atoms with E-state index in [1.54, 1.807) is 0 Å². The number of esters is 1. The van der Waals surface area contributed by atoms with E-state index in [0.717, 1.165) is 19.3 Å². The van der Waals surface area contributed by atoms with Crippen molar-refractivity contribution in [2.45, 2.75) is 45.2 Å². The predicted octanol–water partition coefficient (Wildman–Crippen LogP) is 1.33. The van der Waals surface area contributed by atoms with E-state index in [-0.39, 0.29) is 18.1 Å². The van der Waals surface area contributed by atoms with Crippen LogP contribution < -0.4 is 5.32 Å². The molecule has 0 aromatic carbocycles. The second-order valence-corrected chi connectivity index (χ2v) is 3.27. The molecular weight excluding hydrogens is 178 g/mol. The number of hydrogen-bond acceptors (Lipinski definition) is 3. The van der Waals surface area contributed by atoms with Gasteiger partial charge >= 0.3 is 5.97 Å². The molecular formula is C11H19NO2. The smallest absolute Gasteiger partial charge is 0.322 e. The van der Waals surface area contributed by atoms with Crippen LogP contribution in [0.2, 0.25) is 0 Å². The maximum atomic E-state index is 11.3. The number of carbonyl (C=O) groups excluding carboxylic acids is 1. The molecule has 0 amide bonds. The van der Waals surface area contributed by atoms with Crippen LogP contribution in [0.5, 0.6) is 0 Å². The first-order valence-electron chi connectivity index (χ1n) is 4.95. The van der Waals surface area contributed by atoms with Gasteiger partial charge in [-0.1, -0.05) is 25.7 Å². The Morgan fingerprint density at radius 3 is 2.71 bits per heavy atom. The van der Waals surface area contributed by atoms with Crippen LogP contribution in [0.15, 0.2) is 0 Å². The number of unbranched alkanes of at least 4 members (excludes halogenated alkanes) is 1. The van der Waals surface area contributed by atoms with E-state index >= 15 is 0 Å². The summed E-state index contributed by atoms with van der Waals surface area (Å²) in [5.74, 6) is 2.30. The summed E-state index contributed by atoms with van der Waals surface area (Å²) in [6, 6.07) is -0.373. The van der Waals surface area contributed by atoms with Gasteiger partial charge in [-0.25, -0.2) is 0 Å². The third kappa shape index (κ3) is 4.88. The van der Waals surface area contributed by atoms with Gasteiger partial charge in [-0.2, -0.15) is 0 Å². The molecule has 1 N–H and O–H groups in total. The summed E-state index contributed by atoms with van der Waals surface area (Å²) in [6.07, 6.45) is 8.04. The van der Waals surface area contributed by atoms with Gasteiger partial charge in [0.1, 0.15) is 6.04 Å². The van der Waals surface area contributed by atoms with Crippen LogP contribution in [0.25, 0.3) is 0 Å². The highest BCUT2D eigenvalue weighted by atomic mass is 16.5. The summed E-state index contributed by atoms with van der Waals surface area (Å²) in [5, 5.41) is 3.04.